The van der Waals surface area contributed by atoms with Crippen LogP contribution in [0.2, 0.25) is 0 Å². The van der Waals surface area contributed by atoms with Crippen molar-refractivity contribution in [2.45, 2.75) is 54.7 Å². The second kappa shape index (κ2) is 12.0. The van der Waals surface area contributed by atoms with Crippen LogP contribution in [0.3, 0.4) is 0 Å². The molecule has 19 heteroatoms. The summed E-state index contributed by atoms with van der Waals surface area (Å²) in [5, 5.41) is -7.25. The molecule has 4 aromatic carbocycles. The minimum Gasteiger partial charge on any atom is -0.295 e. The van der Waals surface area contributed by atoms with Crippen LogP contribution in [0.15, 0.2) is 122 Å². The Labute approximate surface area is 279 Å². The third kappa shape index (κ3) is 5.41. The van der Waals surface area contributed by atoms with E-state index in [1.54, 1.807) is 0 Å². The van der Waals surface area contributed by atoms with Crippen LogP contribution in [-0.2, 0) is 23.6 Å². The van der Waals surface area contributed by atoms with Crippen LogP contribution >= 0.6 is 10.3 Å². The van der Waals surface area contributed by atoms with Gasteiger partial charge < -0.3 is 0 Å². The van der Waals surface area contributed by atoms with Crippen LogP contribution in [0.4, 0.5) is 39.5 Å². The van der Waals surface area contributed by atoms with E-state index in [2.05, 4.69) is 0 Å². The van der Waals surface area contributed by atoms with E-state index in [4.69, 9.17) is 3.63 Å². The molecule has 0 fully saturated rings. The van der Waals surface area contributed by atoms with Crippen LogP contribution in [0.1, 0.15) is 33.2 Å². The summed E-state index contributed by atoms with van der Waals surface area (Å²) in [6.45, 7) is 1.13. The SMILES string of the molecule is CC(=O)c1ccc2c(c1)S(=O)(=O)c1ccc(S(OS(=O)(=O)C(F)(F)C(F)(F)C(F)(F)C(F)(F)F)(c3ccccc3)c3ccccc3)cc1C2=O. The first-order valence-electron chi connectivity index (χ1n) is 13.6. The lowest BCUT2D eigenvalue weighted by Crippen LogP contribution is -2.63. The maximum absolute atomic E-state index is 15.2. The van der Waals surface area contributed by atoms with E-state index in [0.717, 1.165) is 61.5 Å². The summed E-state index contributed by atoms with van der Waals surface area (Å²) in [7, 11) is -16.7. The molecule has 0 radical (unpaired) electrons. The number of hydrogen-bond acceptors (Lipinski definition) is 7. The Morgan fingerprint density at radius 2 is 1.16 bits per heavy atom. The lowest BCUT2D eigenvalue weighted by molar-refractivity contribution is -0.382. The van der Waals surface area contributed by atoms with Gasteiger partial charge in [0.25, 0.3) is 0 Å². The Kier molecular flexibility index (Phi) is 8.86. The summed E-state index contributed by atoms with van der Waals surface area (Å²) >= 11 is 0. The molecule has 0 aliphatic carbocycles. The van der Waals surface area contributed by atoms with Gasteiger partial charge in [-0.2, -0.15) is 47.9 Å². The van der Waals surface area contributed by atoms with Gasteiger partial charge in [-0.1, -0.05) is 42.5 Å². The molecule has 0 atom stereocenters. The van der Waals surface area contributed by atoms with Crippen molar-refractivity contribution in [2.24, 2.45) is 0 Å². The van der Waals surface area contributed by atoms with Crippen molar-refractivity contribution in [3.63, 3.8) is 0 Å². The number of carbonyl (C=O) groups is 2. The quantitative estimate of drug-likeness (QED) is 0.110. The smallest absolute Gasteiger partial charge is 0.295 e. The Hall–Kier alpha value is -4.20. The zero-order valence-corrected chi connectivity index (χ0v) is 27.2. The van der Waals surface area contributed by atoms with E-state index in [1.165, 1.54) is 36.4 Å². The summed E-state index contributed by atoms with van der Waals surface area (Å²) < 4.78 is 184. The Balaban J connectivity index is 1.82. The molecule has 50 heavy (non-hydrogen) atoms. The zero-order chi connectivity index (χ0) is 37.3. The molecule has 7 nitrogen and oxygen atoms in total. The number of carbonyl (C=O) groups excluding carboxylic acids is 2. The summed E-state index contributed by atoms with van der Waals surface area (Å²) in [6, 6.07) is 16.9. The molecule has 1 heterocycles. The van der Waals surface area contributed by atoms with Crippen LogP contribution in [0.5, 0.6) is 0 Å². The van der Waals surface area contributed by atoms with Crippen LogP contribution < -0.4 is 0 Å². The third-order valence-electron chi connectivity index (χ3n) is 7.51. The molecule has 0 aromatic heterocycles. The molecule has 0 amide bonds. The van der Waals surface area contributed by atoms with Gasteiger partial charge >= 0.3 is 33.4 Å². The van der Waals surface area contributed by atoms with Crippen LogP contribution in [0, 0.1) is 0 Å². The normalized spacial score (nSPS) is 15.6. The first-order valence-corrected chi connectivity index (χ1v) is 18.1. The standard InChI is InChI=1S/C31H19F9O7S3/c1-18(41)19-12-14-23-26(16-19)49(43,44)25-15-13-22(17-24(25)27(23)42)48(20-8-4-2-5-9-20,21-10-6-3-7-11-21)47-50(45,46)31(39,40)29(34,35)28(32,33)30(36,37)38/h2-17H,1H3. The third-order valence-corrected chi connectivity index (χ3v) is 14.6. The summed E-state index contributed by atoms with van der Waals surface area (Å²) in [4.78, 5) is 22.8. The number of hydrogen-bond donors (Lipinski definition) is 0. The van der Waals surface area contributed by atoms with Crippen LogP contribution in [0.25, 0.3) is 0 Å². The van der Waals surface area contributed by atoms with E-state index in [0.29, 0.717) is 6.07 Å². The number of benzene rings is 4. The van der Waals surface area contributed by atoms with E-state index in [1.807, 2.05) is 0 Å². The zero-order valence-electron chi connectivity index (χ0n) is 24.7. The predicted octanol–water partition coefficient (Wildman–Crippen LogP) is 8.24. The fourth-order valence-electron chi connectivity index (χ4n) is 4.96. The molecular formula is C31H19F9O7S3. The minimum atomic E-state index is -7.63. The van der Waals surface area contributed by atoms with Gasteiger partial charge in [0.05, 0.1) is 9.79 Å². The van der Waals surface area contributed by atoms with Crippen molar-refractivity contribution in [3.05, 3.63) is 114 Å². The van der Waals surface area contributed by atoms with Crippen LogP contribution in [-0.4, -0.2) is 51.7 Å². The predicted molar refractivity (Wildman–Crippen MR) is 158 cm³/mol. The first-order chi connectivity index (χ1) is 22.9. The molecule has 1 aliphatic heterocycles. The summed E-state index contributed by atoms with van der Waals surface area (Å²) in [5.41, 5.74) is -1.24. The minimum absolute atomic E-state index is 0.0794. The van der Waals surface area contributed by atoms with E-state index in [-0.39, 0.29) is 5.56 Å². The van der Waals surface area contributed by atoms with E-state index >= 15 is 8.78 Å². The second-order valence-electron chi connectivity index (χ2n) is 10.6. The van der Waals surface area contributed by atoms with Gasteiger partial charge in [-0.3, -0.25) is 9.59 Å². The Morgan fingerprint density at radius 1 is 0.640 bits per heavy atom. The molecular weight excluding hydrogens is 752 g/mol. The van der Waals surface area contributed by atoms with Crippen molar-refractivity contribution >= 4 is 41.8 Å². The van der Waals surface area contributed by atoms with Crippen molar-refractivity contribution in [1.82, 2.24) is 0 Å². The van der Waals surface area contributed by atoms with Crippen molar-refractivity contribution in [2.75, 3.05) is 0 Å². The van der Waals surface area contributed by atoms with Gasteiger partial charge in [-0.05, 0) is 71.8 Å². The Bertz CT molecular complexity index is 2200. The van der Waals surface area contributed by atoms with Gasteiger partial charge in [0, 0.05) is 31.4 Å². The number of halogens is 9. The average Bonchev–Trinajstić information content (AvgIpc) is 3.05. The monoisotopic (exact) mass is 770 g/mol. The number of rotatable bonds is 9. The highest BCUT2D eigenvalue weighted by Crippen LogP contribution is 2.71. The van der Waals surface area contributed by atoms with Crippen molar-refractivity contribution in [1.29, 1.82) is 0 Å². The molecule has 266 valence electrons. The first kappa shape index (κ1) is 37.1. The fraction of sp³-hybridized carbons (Fsp3) is 0.161. The average molecular weight is 771 g/mol. The molecule has 0 saturated heterocycles. The van der Waals surface area contributed by atoms with Gasteiger partial charge in [-0.25, -0.2) is 12.0 Å². The molecule has 0 saturated carbocycles. The molecule has 4 aromatic rings. The number of sulfone groups is 1. The maximum atomic E-state index is 15.2. The lowest BCUT2D eigenvalue weighted by atomic mass is 10.0. The molecule has 5 rings (SSSR count). The number of alkyl halides is 9. The molecule has 0 bridgehead atoms. The number of Topliss-reactive ketones (excluding diaryl/α,β-unsaturated/α-hetero) is 1. The number of fused-ring (bicyclic) bond motifs is 2. The Morgan fingerprint density at radius 3 is 1.64 bits per heavy atom. The summed E-state index contributed by atoms with van der Waals surface area (Å²) in [6.07, 6.45) is -7.34. The van der Waals surface area contributed by atoms with E-state index < -0.39 is 101 Å². The lowest BCUT2D eigenvalue weighted by Gasteiger charge is -2.41. The maximum Gasteiger partial charge on any atom is 0.460 e. The summed E-state index contributed by atoms with van der Waals surface area (Å²) in [5.74, 6) is -16.8. The topological polar surface area (TPSA) is 112 Å². The van der Waals surface area contributed by atoms with Gasteiger partial charge in [-0.15, -0.1) is 0 Å². The fourth-order valence-corrected chi connectivity index (χ4v) is 11.9. The highest BCUT2D eigenvalue weighted by Gasteiger charge is 2.86. The number of ketones is 2. The van der Waals surface area contributed by atoms with Gasteiger partial charge in [0.1, 0.15) is 0 Å². The molecule has 1 aliphatic rings. The van der Waals surface area contributed by atoms with E-state index in [9.17, 15) is 57.2 Å². The van der Waals surface area contributed by atoms with Crippen molar-refractivity contribution in [3.8, 4) is 0 Å². The van der Waals surface area contributed by atoms with Crippen molar-refractivity contribution < 1.29 is 69.6 Å². The van der Waals surface area contributed by atoms with Gasteiger partial charge in [0.15, 0.2) is 11.6 Å². The molecule has 0 unspecified atom stereocenters. The second-order valence-corrected chi connectivity index (χ2v) is 17.0. The highest BCUT2D eigenvalue weighted by atomic mass is 32.3. The van der Waals surface area contributed by atoms with Gasteiger partial charge in [0.2, 0.25) is 9.84 Å². The highest BCUT2D eigenvalue weighted by molar-refractivity contribution is 8.33. The molecule has 0 N–H and O–H groups in total. The largest absolute Gasteiger partial charge is 0.460 e. The molecule has 0 spiro atoms.